The minimum absolute atomic E-state index is 0.00285. The number of hydrogen-bond acceptors (Lipinski definition) is 5. The predicted octanol–water partition coefficient (Wildman–Crippen LogP) is -0.128. The molecule has 1 unspecified atom stereocenters. The number of aryl methyl sites for hydroxylation is 2. The van der Waals surface area contributed by atoms with Crippen LogP contribution in [0.3, 0.4) is 0 Å². The van der Waals surface area contributed by atoms with Crippen LogP contribution in [0, 0.1) is 0 Å². The van der Waals surface area contributed by atoms with Gasteiger partial charge in [0.2, 0.25) is 0 Å². The van der Waals surface area contributed by atoms with Gasteiger partial charge in [-0.15, -0.1) is 0 Å². The summed E-state index contributed by atoms with van der Waals surface area (Å²) in [6.45, 7) is 1.91. The Morgan fingerprint density at radius 3 is 2.80 bits per heavy atom. The number of nitrogens with zero attached hydrogens (tertiary/aromatic N) is 2. The van der Waals surface area contributed by atoms with Gasteiger partial charge in [-0.25, -0.2) is 8.42 Å². The lowest BCUT2D eigenvalue weighted by molar-refractivity contribution is 0.0929. The molecule has 0 radical (unpaired) electrons. The number of hydrogen-bond donors (Lipinski definition) is 2. The lowest BCUT2D eigenvalue weighted by atomic mass is 10.1. The maximum absolute atomic E-state index is 12.2. The van der Waals surface area contributed by atoms with Crippen LogP contribution in [0.2, 0.25) is 0 Å². The number of sulfone groups is 1. The molecule has 0 spiro atoms. The summed E-state index contributed by atoms with van der Waals surface area (Å²) in [6.07, 6.45) is 1.89. The molecule has 1 aliphatic rings. The standard InChI is InChI=1S/C12H20N4O3S/c1-3-9-10(13)11(16(2)15-9)12(17)14-8-5-4-6-20(18,19)7-8/h8H,3-7,13H2,1-2H3,(H,14,17). The van der Waals surface area contributed by atoms with Crippen LogP contribution in [0.5, 0.6) is 0 Å². The van der Waals surface area contributed by atoms with Crippen molar-refractivity contribution in [2.75, 3.05) is 17.2 Å². The van der Waals surface area contributed by atoms with E-state index >= 15 is 0 Å². The molecule has 1 atom stereocenters. The predicted molar refractivity (Wildman–Crippen MR) is 76.1 cm³/mol. The van der Waals surface area contributed by atoms with E-state index in [2.05, 4.69) is 10.4 Å². The van der Waals surface area contributed by atoms with Crippen molar-refractivity contribution >= 4 is 21.4 Å². The third-order valence-electron chi connectivity index (χ3n) is 3.51. The second kappa shape index (κ2) is 5.43. The van der Waals surface area contributed by atoms with E-state index in [1.807, 2.05) is 6.92 Å². The number of amides is 1. The van der Waals surface area contributed by atoms with Gasteiger partial charge in [-0.2, -0.15) is 5.10 Å². The first-order valence-corrected chi connectivity index (χ1v) is 8.49. The molecule has 1 aromatic heterocycles. The highest BCUT2D eigenvalue weighted by molar-refractivity contribution is 7.91. The fourth-order valence-electron chi connectivity index (χ4n) is 2.52. The Hall–Kier alpha value is -1.57. The van der Waals surface area contributed by atoms with Crippen LogP contribution in [-0.2, 0) is 23.3 Å². The van der Waals surface area contributed by atoms with Crippen molar-refractivity contribution in [3.8, 4) is 0 Å². The van der Waals surface area contributed by atoms with Crippen molar-refractivity contribution in [2.24, 2.45) is 7.05 Å². The van der Waals surface area contributed by atoms with Crippen LogP contribution in [0.1, 0.15) is 35.9 Å². The van der Waals surface area contributed by atoms with Crippen LogP contribution in [0.15, 0.2) is 0 Å². The first-order chi connectivity index (χ1) is 9.34. The molecular formula is C12H20N4O3S. The summed E-state index contributed by atoms with van der Waals surface area (Å²) in [7, 11) is -1.39. The van der Waals surface area contributed by atoms with Crippen LogP contribution >= 0.6 is 0 Å². The van der Waals surface area contributed by atoms with Gasteiger partial charge in [0.15, 0.2) is 9.84 Å². The molecule has 1 fully saturated rings. The smallest absolute Gasteiger partial charge is 0.271 e. The van der Waals surface area contributed by atoms with Crippen molar-refractivity contribution in [1.29, 1.82) is 0 Å². The van der Waals surface area contributed by atoms with Gasteiger partial charge in [0, 0.05) is 13.1 Å². The maximum Gasteiger partial charge on any atom is 0.271 e. The Labute approximate surface area is 118 Å². The number of nitrogen functional groups attached to an aromatic ring is 1. The van der Waals surface area contributed by atoms with Gasteiger partial charge in [-0.05, 0) is 19.3 Å². The number of carbonyl (C=O) groups is 1. The van der Waals surface area contributed by atoms with E-state index in [1.54, 1.807) is 7.05 Å². The normalized spacial score (nSPS) is 21.6. The van der Waals surface area contributed by atoms with E-state index in [0.29, 0.717) is 36.3 Å². The third kappa shape index (κ3) is 2.95. The topological polar surface area (TPSA) is 107 Å². The summed E-state index contributed by atoms with van der Waals surface area (Å²) in [5, 5.41) is 6.93. The van der Waals surface area contributed by atoms with Crippen molar-refractivity contribution in [1.82, 2.24) is 15.1 Å². The monoisotopic (exact) mass is 300 g/mol. The van der Waals surface area contributed by atoms with Crippen molar-refractivity contribution in [2.45, 2.75) is 32.2 Å². The highest BCUT2D eigenvalue weighted by atomic mass is 32.2. The molecule has 1 aromatic rings. The van der Waals surface area contributed by atoms with Crippen molar-refractivity contribution < 1.29 is 13.2 Å². The zero-order chi connectivity index (χ0) is 14.9. The largest absolute Gasteiger partial charge is 0.395 e. The Bertz CT molecular complexity index is 621. The van der Waals surface area contributed by atoms with Gasteiger partial charge in [0.25, 0.3) is 5.91 Å². The third-order valence-corrected chi connectivity index (χ3v) is 5.33. The molecule has 0 saturated carbocycles. The summed E-state index contributed by atoms with van der Waals surface area (Å²) in [6, 6.07) is -0.347. The van der Waals surface area contributed by atoms with Gasteiger partial charge in [-0.3, -0.25) is 9.48 Å². The molecule has 7 nitrogen and oxygen atoms in total. The molecule has 2 heterocycles. The molecule has 0 bridgehead atoms. The summed E-state index contributed by atoms with van der Waals surface area (Å²) in [5.74, 6) is -0.163. The number of rotatable bonds is 3. The molecule has 0 aromatic carbocycles. The zero-order valence-corrected chi connectivity index (χ0v) is 12.5. The number of carbonyl (C=O) groups excluding carboxylic acids is 1. The van der Waals surface area contributed by atoms with E-state index in [0.717, 1.165) is 0 Å². The van der Waals surface area contributed by atoms with E-state index in [9.17, 15) is 13.2 Å². The minimum Gasteiger partial charge on any atom is -0.395 e. The Morgan fingerprint density at radius 1 is 1.55 bits per heavy atom. The average molecular weight is 300 g/mol. The number of aromatic nitrogens is 2. The first kappa shape index (κ1) is 14.8. The second-order valence-corrected chi connectivity index (χ2v) is 7.34. The Balaban J connectivity index is 2.15. The molecular weight excluding hydrogens is 280 g/mol. The van der Waals surface area contributed by atoms with Crippen LogP contribution in [0.4, 0.5) is 5.69 Å². The van der Waals surface area contributed by atoms with E-state index in [1.165, 1.54) is 4.68 Å². The maximum atomic E-state index is 12.2. The molecule has 2 rings (SSSR count). The second-order valence-electron chi connectivity index (χ2n) is 5.11. The Morgan fingerprint density at radius 2 is 2.25 bits per heavy atom. The van der Waals surface area contributed by atoms with Crippen LogP contribution in [0.25, 0.3) is 0 Å². The molecule has 20 heavy (non-hydrogen) atoms. The number of nitrogens with one attached hydrogen (secondary N) is 1. The first-order valence-electron chi connectivity index (χ1n) is 6.66. The van der Waals surface area contributed by atoms with Crippen LogP contribution in [-0.4, -0.2) is 41.7 Å². The van der Waals surface area contributed by atoms with Gasteiger partial charge in [-0.1, -0.05) is 6.92 Å². The van der Waals surface area contributed by atoms with Crippen molar-refractivity contribution in [3.05, 3.63) is 11.4 Å². The SMILES string of the molecule is CCc1nn(C)c(C(=O)NC2CCCS(=O)(=O)C2)c1N. The summed E-state index contributed by atoms with van der Waals surface area (Å²) < 4.78 is 24.6. The van der Waals surface area contributed by atoms with Gasteiger partial charge < -0.3 is 11.1 Å². The number of anilines is 1. The van der Waals surface area contributed by atoms with Gasteiger partial charge >= 0.3 is 0 Å². The lowest BCUT2D eigenvalue weighted by Gasteiger charge is -2.23. The van der Waals surface area contributed by atoms with Crippen LogP contribution < -0.4 is 11.1 Å². The van der Waals surface area contributed by atoms with E-state index in [4.69, 9.17) is 5.73 Å². The number of nitrogens with two attached hydrogens (primary N) is 1. The zero-order valence-electron chi connectivity index (χ0n) is 11.7. The molecule has 112 valence electrons. The highest BCUT2D eigenvalue weighted by Gasteiger charge is 2.28. The average Bonchev–Trinajstić information content (AvgIpc) is 2.62. The van der Waals surface area contributed by atoms with Crippen molar-refractivity contribution in [3.63, 3.8) is 0 Å². The molecule has 8 heteroatoms. The molecule has 0 aliphatic carbocycles. The fraction of sp³-hybridized carbons (Fsp3) is 0.667. The molecule has 1 aliphatic heterocycles. The summed E-state index contributed by atoms with van der Waals surface area (Å²) in [4.78, 5) is 12.2. The summed E-state index contributed by atoms with van der Waals surface area (Å²) >= 11 is 0. The minimum atomic E-state index is -3.05. The highest BCUT2D eigenvalue weighted by Crippen LogP contribution is 2.18. The molecule has 1 saturated heterocycles. The molecule has 1 amide bonds. The summed E-state index contributed by atoms with van der Waals surface area (Å²) in [5.41, 5.74) is 7.25. The van der Waals surface area contributed by atoms with E-state index in [-0.39, 0.29) is 23.5 Å². The van der Waals surface area contributed by atoms with Gasteiger partial charge in [0.05, 0.1) is 22.9 Å². The van der Waals surface area contributed by atoms with E-state index < -0.39 is 9.84 Å². The molecule has 3 N–H and O–H groups in total. The van der Waals surface area contributed by atoms with Gasteiger partial charge in [0.1, 0.15) is 5.69 Å². The quantitative estimate of drug-likeness (QED) is 0.808. The Kier molecular flexibility index (Phi) is 4.03. The lowest BCUT2D eigenvalue weighted by Crippen LogP contribution is -2.43. The fourth-order valence-corrected chi connectivity index (χ4v) is 4.15.